The Morgan fingerprint density at radius 2 is 1.80 bits per heavy atom. The van der Waals surface area contributed by atoms with Gasteiger partial charge in [0.15, 0.2) is 5.78 Å². The third-order valence-corrected chi connectivity index (χ3v) is 10.2. The molecule has 13 nitrogen and oxygen atoms in total. The molecule has 7 rings (SSSR count). The predicted octanol–water partition coefficient (Wildman–Crippen LogP) is 4.94. The van der Waals surface area contributed by atoms with Gasteiger partial charge in [-0.25, -0.2) is 4.98 Å². The molecule has 4 aromatic rings. The number of Topliss-reactive ketones (excluding diaryl/α,β-unsaturated/α-hetero) is 1. The average Bonchev–Trinajstić information content (AvgIpc) is 3.33. The number of halogens is 3. The second kappa shape index (κ2) is 12.9. The predicted molar refractivity (Wildman–Crippen MR) is 176 cm³/mol. The van der Waals surface area contributed by atoms with E-state index in [1.54, 1.807) is 13.0 Å². The van der Waals surface area contributed by atoms with Gasteiger partial charge in [-0.05, 0) is 68.4 Å². The van der Waals surface area contributed by atoms with Crippen LogP contribution in [0.5, 0.6) is 0 Å². The van der Waals surface area contributed by atoms with Gasteiger partial charge in [0, 0.05) is 49.2 Å². The molecule has 3 aromatic heterocycles. The quantitative estimate of drug-likeness (QED) is 0.280. The minimum atomic E-state index is -4.72. The Labute approximate surface area is 290 Å². The van der Waals surface area contributed by atoms with Gasteiger partial charge in [0.05, 0.1) is 5.52 Å². The van der Waals surface area contributed by atoms with Gasteiger partial charge in [-0.2, -0.15) is 18.3 Å². The van der Waals surface area contributed by atoms with Gasteiger partial charge in [0.25, 0.3) is 0 Å². The van der Waals surface area contributed by atoms with Crippen LogP contribution in [0.15, 0.2) is 28.7 Å². The highest BCUT2D eigenvalue weighted by Gasteiger charge is 2.67. The van der Waals surface area contributed by atoms with E-state index < -0.39 is 41.2 Å². The number of carbonyl (C=O) groups is 4. The molecule has 0 unspecified atom stereocenters. The minimum absolute atomic E-state index is 0.116. The standard InChI is InChI=1S/C35H37F3N8O5/c1-18-10-11-25(35(36,37)38)40-31(18)41-32(50)24-14-34-15-26(34)46(24)28(49)16-45-30-21(8-6-4-5-7-9-27(48)39-17-34)12-22(33-43-42-20(3)51-33)13-23(30)29(44-45)19(2)47/h10-13,24,26H,4-9,14-17H2,1-3H3,(H,39,48)(H,40,41,50)/t24-,26+,34-/m0/s1. The molecule has 3 atom stereocenters. The van der Waals surface area contributed by atoms with Gasteiger partial charge >= 0.3 is 6.18 Å². The molecular formula is C35H37F3N8O5. The zero-order valence-electron chi connectivity index (χ0n) is 28.4. The van der Waals surface area contributed by atoms with Crippen molar-refractivity contribution in [1.82, 2.24) is 35.2 Å². The number of nitrogens with zero attached hydrogens (tertiary/aromatic N) is 6. The zero-order valence-corrected chi connectivity index (χ0v) is 28.4. The van der Waals surface area contributed by atoms with Crippen molar-refractivity contribution in [2.24, 2.45) is 5.41 Å². The summed E-state index contributed by atoms with van der Waals surface area (Å²) in [6.45, 7) is 4.55. The van der Waals surface area contributed by atoms with Gasteiger partial charge in [-0.15, -0.1) is 10.2 Å². The number of aryl methyl sites for hydroxylation is 3. The number of ketones is 1. The second-order valence-corrected chi connectivity index (χ2v) is 13.9. The maximum absolute atomic E-state index is 14.4. The number of amides is 3. The molecule has 2 fully saturated rings. The van der Waals surface area contributed by atoms with Gasteiger partial charge < -0.3 is 20.0 Å². The van der Waals surface area contributed by atoms with Crippen molar-refractivity contribution in [2.75, 3.05) is 11.9 Å². The van der Waals surface area contributed by atoms with Crippen LogP contribution in [0.1, 0.15) is 85.1 Å². The molecule has 3 amide bonds. The van der Waals surface area contributed by atoms with Crippen LogP contribution in [0.25, 0.3) is 22.4 Å². The molecule has 16 heteroatoms. The van der Waals surface area contributed by atoms with Crippen LogP contribution < -0.4 is 10.6 Å². The Morgan fingerprint density at radius 1 is 1.04 bits per heavy atom. The summed E-state index contributed by atoms with van der Waals surface area (Å²) in [7, 11) is 0. The number of rotatable bonds is 4. The van der Waals surface area contributed by atoms with Crippen molar-refractivity contribution in [3.05, 3.63) is 52.7 Å². The van der Waals surface area contributed by atoms with E-state index in [9.17, 15) is 32.3 Å². The summed E-state index contributed by atoms with van der Waals surface area (Å²) in [5, 5.41) is 18.8. The molecule has 2 N–H and O–H groups in total. The molecule has 3 aliphatic rings. The number of alkyl halides is 3. The van der Waals surface area contributed by atoms with Crippen molar-refractivity contribution in [3.8, 4) is 11.5 Å². The van der Waals surface area contributed by atoms with Crippen LogP contribution in [-0.2, 0) is 33.5 Å². The number of nitrogens with one attached hydrogen (secondary N) is 2. The SMILES string of the molecule is CC(=O)c1nn2c3c(cc(-c4nnc(C)o4)cc13)CCCCCCC(=O)NC[C@@]13C[C@@H](C(=O)Nc4nc(C(F)(F)F)ccc4C)N(C(=O)C2)[C@@H]1C3. The lowest BCUT2D eigenvalue weighted by atomic mass is 9.98. The number of hydrogen-bond acceptors (Lipinski definition) is 9. The summed E-state index contributed by atoms with van der Waals surface area (Å²) in [5.74, 6) is -1.15. The highest BCUT2D eigenvalue weighted by molar-refractivity contribution is 6.07. The number of anilines is 1. The van der Waals surface area contributed by atoms with E-state index in [1.807, 2.05) is 6.07 Å². The lowest BCUT2D eigenvalue weighted by Gasteiger charge is -2.27. The first-order chi connectivity index (χ1) is 24.2. The number of carbonyl (C=O) groups excluding carboxylic acids is 4. The Morgan fingerprint density at radius 3 is 2.51 bits per heavy atom. The summed E-state index contributed by atoms with van der Waals surface area (Å²) in [5.41, 5.74) is 0.775. The number of pyridine rings is 1. The summed E-state index contributed by atoms with van der Waals surface area (Å²) in [6, 6.07) is 4.26. The first kappa shape index (κ1) is 34.3. The molecule has 1 aromatic carbocycles. The van der Waals surface area contributed by atoms with Crippen LogP contribution in [0.2, 0.25) is 0 Å². The average molecular weight is 707 g/mol. The van der Waals surface area contributed by atoms with Crippen molar-refractivity contribution >= 4 is 40.2 Å². The van der Waals surface area contributed by atoms with E-state index >= 15 is 0 Å². The maximum atomic E-state index is 14.4. The molecule has 1 aliphatic carbocycles. The summed E-state index contributed by atoms with van der Waals surface area (Å²) < 4.78 is 47.6. The van der Waals surface area contributed by atoms with Crippen molar-refractivity contribution < 1.29 is 36.8 Å². The maximum Gasteiger partial charge on any atom is 0.433 e. The second-order valence-electron chi connectivity index (χ2n) is 13.9. The minimum Gasteiger partial charge on any atom is -0.421 e. The fourth-order valence-corrected chi connectivity index (χ4v) is 7.52. The highest BCUT2D eigenvalue weighted by Crippen LogP contribution is 2.59. The van der Waals surface area contributed by atoms with E-state index in [4.69, 9.17) is 4.42 Å². The smallest absolute Gasteiger partial charge is 0.421 e. The summed E-state index contributed by atoms with van der Waals surface area (Å²) >= 11 is 0. The Kier molecular flexibility index (Phi) is 8.66. The first-order valence-electron chi connectivity index (χ1n) is 17.0. The van der Waals surface area contributed by atoms with Gasteiger partial charge in [-0.3, -0.25) is 23.9 Å². The van der Waals surface area contributed by atoms with Crippen LogP contribution in [0.3, 0.4) is 0 Å². The Balaban J connectivity index is 1.27. The van der Waals surface area contributed by atoms with Gasteiger partial charge in [0.2, 0.25) is 29.5 Å². The summed E-state index contributed by atoms with van der Waals surface area (Å²) in [6.07, 6.45) is 0.0468. The fourth-order valence-electron chi connectivity index (χ4n) is 7.52. The number of hydrogen-bond donors (Lipinski definition) is 2. The van der Waals surface area contributed by atoms with Crippen LogP contribution in [-0.4, -0.2) is 72.0 Å². The number of aromatic nitrogens is 5. The third kappa shape index (κ3) is 6.58. The molecular weight excluding hydrogens is 669 g/mol. The Hall–Kier alpha value is -5.15. The third-order valence-electron chi connectivity index (χ3n) is 10.2. The first-order valence-corrected chi connectivity index (χ1v) is 17.0. The number of benzene rings is 1. The van der Waals surface area contributed by atoms with Crippen molar-refractivity contribution in [3.63, 3.8) is 0 Å². The molecule has 268 valence electrons. The van der Waals surface area contributed by atoms with E-state index in [1.165, 1.54) is 29.5 Å². The fraction of sp³-hybridized carbons (Fsp3) is 0.486. The van der Waals surface area contributed by atoms with Gasteiger partial charge in [-0.1, -0.05) is 18.9 Å². The molecule has 2 bridgehead atoms. The molecule has 5 heterocycles. The largest absolute Gasteiger partial charge is 0.433 e. The van der Waals surface area contributed by atoms with Crippen molar-refractivity contribution in [1.29, 1.82) is 0 Å². The lowest BCUT2D eigenvalue weighted by molar-refractivity contribution is -0.141. The summed E-state index contributed by atoms with van der Waals surface area (Å²) in [4.78, 5) is 59.1. The molecule has 51 heavy (non-hydrogen) atoms. The lowest BCUT2D eigenvalue weighted by Crippen LogP contribution is -2.47. The highest BCUT2D eigenvalue weighted by atomic mass is 19.4. The van der Waals surface area contributed by atoms with E-state index in [0.29, 0.717) is 53.6 Å². The molecule has 0 spiro atoms. The topological polar surface area (TPSA) is 165 Å². The Bertz CT molecular complexity index is 2070. The zero-order chi connectivity index (χ0) is 36.2. The molecule has 1 saturated carbocycles. The normalized spacial score (nSPS) is 22.7. The van der Waals surface area contributed by atoms with Crippen molar-refractivity contribution in [2.45, 2.75) is 96.9 Å². The molecule has 2 aliphatic heterocycles. The van der Waals surface area contributed by atoms with Crippen LogP contribution >= 0.6 is 0 Å². The van der Waals surface area contributed by atoms with Gasteiger partial charge in [0.1, 0.15) is 29.8 Å². The molecule has 1 saturated heterocycles. The molecule has 0 radical (unpaired) electrons. The van der Waals surface area contributed by atoms with E-state index in [-0.39, 0.29) is 48.6 Å². The van der Waals surface area contributed by atoms with Crippen LogP contribution in [0, 0.1) is 19.3 Å². The monoisotopic (exact) mass is 706 g/mol. The van der Waals surface area contributed by atoms with Crippen LogP contribution in [0.4, 0.5) is 19.0 Å². The van der Waals surface area contributed by atoms with E-state index in [2.05, 4.69) is 30.9 Å². The number of piperidine rings is 1. The van der Waals surface area contributed by atoms with E-state index in [0.717, 1.165) is 30.9 Å².